The van der Waals surface area contributed by atoms with E-state index in [2.05, 4.69) is 10.2 Å². The first-order valence-electron chi connectivity index (χ1n) is 11.1. The number of piperazine rings is 1. The van der Waals surface area contributed by atoms with Gasteiger partial charge < -0.3 is 19.3 Å². The summed E-state index contributed by atoms with van der Waals surface area (Å²) in [6.45, 7) is 4.03. The Bertz CT molecular complexity index is 1130. The normalized spacial score (nSPS) is 13.6. The number of rotatable bonds is 7. The average molecular weight is 482 g/mol. The van der Waals surface area contributed by atoms with Gasteiger partial charge in [0, 0.05) is 37.4 Å². The molecular weight excluding hydrogens is 454 g/mol. The van der Waals surface area contributed by atoms with Crippen LogP contribution in [-0.2, 0) is 9.53 Å². The molecule has 9 nitrogen and oxygen atoms in total. The molecule has 178 valence electrons. The van der Waals surface area contributed by atoms with Gasteiger partial charge in [0.15, 0.2) is 11.0 Å². The summed E-state index contributed by atoms with van der Waals surface area (Å²) in [6, 6.07) is 17.5. The highest BCUT2D eigenvalue weighted by atomic mass is 32.2. The highest BCUT2D eigenvalue weighted by Gasteiger charge is 2.25. The summed E-state index contributed by atoms with van der Waals surface area (Å²) in [5.41, 5.74) is 1.77. The van der Waals surface area contributed by atoms with Gasteiger partial charge in [0.25, 0.3) is 0 Å². The molecule has 0 radical (unpaired) electrons. The zero-order valence-electron chi connectivity index (χ0n) is 19.2. The van der Waals surface area contributed by atoms with Crippen molar-refractivity contribution in [3.8, 4) is 22.8 Å². The van der Waals surface area contributed by atoms with E-state index >= 15 is 0 Å². The van der Waals surface area contributed by atoms with Crippen LogP contribution in [0.1, 0.15) is 6.92 Å². The molecule has 0 saturated carbocycles. The van der Waals surface area contributed by atoms with Gasteiger partial charge in [-0.1, -0.05) is 42.1 Å². The summed E-state index contributed by atoms with van der Waals surface area (Å²) in [4.78, 5) is 28.2. The Morgan fingerprint density at radius 2 is 1.71 bits per heavy atom. The van der Waals surface area contributed by atoms with Gasteiger partial charge in [0.05, 0.1) is 19.5 Å². The summed E-state index contributed by atoms with van der Waals surface area (Å²) in [5.74, 6) is 1.62. The number of aromatic nitrogens is 3. The van der Waals surface area contributed by atoms with Crippen molar-refractivity contribution in [1.82, 2.24) is 24.6 Å². The summed E-state index contributed by atoms with van der Waals surface area (Å²) < 4.78 is 12.4. The van der Waals surface area contributed by atoms with Gasteiger partial charge >= 0.3 is 6.09 Å². The highest BCUT2D eigenvalue weighted by Crippen LogP contribution is 2.29. The van der Waals surface area contributed by atoms with Gasteiger partial charge in [-0.25, -0.2) is 4.79 Å². The fraction of sp³-hybridized carbons (Fsp3) is 0.333. The van der Waals surface area contributed by atoms with E-state index in [-0.39, 0.29) is 17.8 Å². The number of hydrogen-bond donors (Lipinski definition) is 0. The number of hydrogen-bond acceptors (Lipinski definition) is 7. The number of amides is 2. The second-order valence-electron chi connectivity index (χ2n) is 7.56. The lowest BCUT2D eigenvalue weighted by Gasteiger charge is -2.34. The summed E-state index contributed by atoms with van der Waals surface area (Å²) in [5, 5.41) is 9.45. The van der Waals surface area contributed by atoms with E-state index in [1.807, 2.05) is 59.2 Å². The molecule has 1 aromatic heterocycles. The number of benzene rings is 2. The predicted molar refractivity (Wildman–Crippen MR) is 129 cm³/mol. The molecule has 0 unspecified atom stereocenters. The van der Waals surface area contributed by atoms with Crippen molar-refractivity contribution in [3.05, 3.63) is 54.6 Å². The van der Waals surface area contributed by atoms with Crippen molar-refractivity contribution in [2.24, 2.45) is 0 Å². The van der Waals surface area contributed by atoms with E-state index in [4.69, 9.17) is 9.47 Å². The molecule has 4 rings (SSSR count). The monoisotopic (exact) mass is 481 g/mol. The standard InChI is InChI=1S/C24H27N5O4S/c1-3-33-24(31)28-14-12-27(13-15-28)21(30)17-34-23-26-25-22(18-8-7-11-20(16-18)32-2)29(23)19-9-5-4-6-10-19/h4-11,16H,3,12-15,17H2,1-2H3. The number of carbonyl (C=O) groups is 2. The number of ether oxygens (including phenoxy) is 2. The largest absolute Gasteiger partial charge is 0.497 e. The molecule has 2 aromatic carbocycles. The first-order valence-corrected chi connectivity index (χ1v) is 12.1. The van der Waals surface area contributed by atoms with E-state index in [1.54, 1.807) is 23.8 Å². The minimum absolute atomic E-state index is 0.000879. The number of carbonyl (C=O) groups excluding carboxylic acids is 2. The SMILES string of the molecule is CCOC(=O)N1CCN(C(=O)CSc2nnc(-c3cccc(OC)c3)n2-c2ccccc2)CC1. The van der Waals surface area contributed by atoms with Gasteiger partial charge in [0.2, 0.25) is 5.91 Å². The molecule has 1 saturated heterocycles. The van der Waals surface area contributed by atoms with Crippen LogP contribution >= 0.6 is 11.8 Å². The number of thioether (sulfide) groups is 1. The Hall–Kier alpha value is -3.53. The molecule has 2 amide bonds. The lowest BCUT2D eigenvalue weighted by Crippen LogP contribution is -2.51. The van der Waals surface area contributed by atoms with Crippen LogP contribution in [0.4, 0.5) is 4.79 Å². The molecule has 0 N–H and O–H groups in total. The maximum absolute atomic E-state index is 12.9. The van der Waals surface area contributed by atoms with Crippen LogP contribution in [0.25, 0.3) is 17.1 Å². The zero-order valence-corrected chi connectivity index (χ0v) is 20.0. The van der Waals surface area contributed by atoms with Gasteiger partial charge in [-0.3, -0.25) is 9.36 Å². The van der Waals surface area contributed by atoms with Gasteiger partial charge in [0.1, 0.15) is 5.75 Å². The third-order valence-corrected chi connectivity index (χ3v) is 6.37. The first-order chi connectivity index (χ1) is 16.6. The van der Waals surface area contributed by atoms with Crippen LogP contribution in [0, 0.1) is 0 Å². The van der Waals surface area contributed by atoms with E-state index in [0.717, 1.165) is 17.0 Å². The average Bonchev–Trinajstić information content (AvgIpc) is 3.32. The topological polar surface area (TPSA) is 89.8 Å². The molecule has 1 aliphatic rings. The van der Waals surface area contributed by atoms with Crippen molar-refractivity contribution in [2.45, 2.75) is 12.1 Å². The molecule has 2 heterocycles. The number of nitrogens with zero attached hydrogens (tertiary/aromatic N) is 5. The third kappa shape index (κ3) is 5.33. The zero-order chi connectivity index (χ0) is 23.9. The van der Waals surface area contributed by atoms with Crippen LogP contribution in [-0.4, -0.2) is 82.2 Å². The Balaban J connectivity index is 1.49. The van der Waals surface area contributed by atoms with Crippen molar-refractivity contribution in [2.75, 3.05) is 45.6 Å². The summed E-state index contributed by atoms with van der Waals surface area (Å²) >= 11 is 1.35. The molecule has 0 spiro atoms. The molecular formula is C24H27N5O4S. The van der Waals surface area contributed by atoms with E-state index in [0.29, 0.717) is 43.8 Å². The molecule has 1 aliphatic heterocycles. The van der Waals surface area contributed by atoms with E-state index in [1.165, 1.54) is 11.8 Å². The lowest BCUT2D eigenvalue weighted by atomic mass is 10.2. The fourth-order valence-corrected chi connectivity index (χ4v) is 4.55. The Kier molecular flexibility index (Phi) is 7.69. The van der Waals surface area contributed by atoms with E-state index < -0.39 is 0 Å². The molecule has 34 heavy (non-hydrogen) atoms. The second kappa shape index (κ2) is 11.1. The van der Waals surface area contributed by atoms with Crippen LogP contribution in [0.5, 0.6) is 5.75 Å². The van der Waals surface area contributed by atoms with Crippen LogP contribution in [0.2, 0.25) is 0 Å². The Morgan fingerprint density at radius 3 is 2.41 bits per heavy atom. The van der Waals surface area contributed by atoms with Crippen molar-refractivity contribution in [1.29, 1.82) is 0 Å². The van der Waals surface area contributed by atoms with Crippen molar-refractivity contribution >= 4 is 23.8 Å². The molecule has 0 atom stereocenters. The van der Waals surface area contributed by atoms with Gasteiger partial charge in [-0.15, -0.1) is 10.2 Å². The number of para-hydroxylation sites is 1. The number of methoxy groups -OCH3 is 1. The third-order valence-electron chi connectivity index (χ3n) is 5.46. The highest BCUT2D eigenvalue weighted by molar-refractivity contribution is 7.99. The molecule has 3 aromatic rings. The lowest BCUT2D eigenvalue weighted by molar-refractivity contribution is -0.129. The van der Waals surface area contributed by atoms with Crippen molar-refractivity contribution < 1.29 is 19.1 Å². The Morgan fingerprint density at radius 1 is 0.971 bits per heavy atom. The van der Waals surface area contributed by atoms with Crippen LogP contribution in [0.15, 0.2) is 59.8 Å². The summed E-state index contributed by atoms with van der Waals surface area (Å²) in [7, 11) is 1.63. The molecule has 0 aliphatic carbocycles. The van der Waals surface area contributed by atoms with Gasteiger partial charge in [-0.2, -0.15) is 0 Å². The molecule has 10 heteroatoms. The van der Waals surface area contributed by atoms with Crippen molar-refractivity contribution in [3.63, 3.8) is 0 Å². The predicted octanol–water partition coefficient (Wildman–Crippen LogP) is 3.34. The fourth-order valence-electron chi connectivity index (χ4n) is 3.69. The second-order valence-corrected chi connectivity index (χ2v) is 8.51. The smallest absolute Gasteiger partial charge is 0.409 e. The van der Waals surface area contributed by atoms with E-state index in [9.17, 15) is 9.59 Å². The first kappa shape index (κ1) is 23.6. The maximum Gasteiger partial charge on any atom is 0.409 e. The molecule has 0 bridgehead atoms. The summed E-state index contributed by atoms with van der Waals surface area (Å²) in [6.07, 6.45) is -0.329. The minimum Gasteiger partial charge on any atom is -0.497 e. The van der Waals surface area contributed by atoms with Gasteiger partial charge in [-0.05, 0) is 31.2 Å². The quantitative estimate of drug-likeness (QED) is 0.478. The van der Waals surface area contributed by atoms with Crippen LogP contribution < -0.4 is 4.74 Å². The maximum atomic E-state index is 12.9. The molecule has 1 fully saturated rings. The van der Waals surface area contributed by atoms with Crippen LogP contribution in [0.3, 0.4) is 0 Å². The Labute approximate surface area is 202 Å². The minimum atomic E-state index is -0.329.